The van der Waals surface area contributed by atoms with Crippen LogP contribution < -0.4 is 0 Å². The molecule has 0 saturated carbocycles. The molecular weight excluding hydrogens is 160 g/mol. The zero-order chi connectivity index (χ0) is 7.23. The summed E-state index contributed by atoms with van der Waals surface area (Å²) in [6.07, 6.45) is 0. The lowest BCUT2D eigenvalue weighted by atomic mass is 10.4. The highest BCUT2D eigenvalue weighted by Gasteiger charge is 1.82. The van der Waals surface area contributed by atoms with Crippen LogP contribution in [0.5, 0.6) is 0 Å². The summed E-state index contributed by atoms with van der Waals surface area (Å²) < 4.78 is 0. The predicted molar refractivity (Wildman–Crippen MR) is 49.3 cm³/mol. The Bertz CT molecular complexity index is 226. The third kappa shape index (κ3) is 2.47. The molecule has 2 heteroatoms. The molecule has 0 bridgehead atoms. The van der Waals surface area contributed by atoms with Crippen LogP contribution in [0, 0.1) is 11.2 Å². The lowest BCUT2D eigenvalue weighted by Crippen LogP contribution is -1.61. The Kier molecular flexibility index (Phi) is 3.42. The molecule has 1 aromatic heterocycles. The second-order valence-corrected chi connectivity index (χ2v) is 3.52. The van der Waals surface area contributed by atoms with Crippen molar-refractivity contribution >= 4 is 23.1 Å². The molecule has 1 aromatic rings. The minimum atomic E-state index is 1.07. The molecule has 0 saturated heterocycles. The van der Waals surface area contributed by atoms with E-state index in [9.17, 15) is 0 Å². The number of rotatable bonds is 1. The number of thioether (sulfide) groups is 1. The fraction of sp³-hybridized carbons (Fsp3) is 0.250. The number of thiophene rings is 1. The minimum Gasteiger partial charge on any atom is -0.151 e. The fourth-order valence-corrected chi connectivity index (χ4v) is 1.42. The molecule has 0 N–H and O–H groups in total. The molecule has 0 fully saturated rings. The van der Waals surface area contributed by atoms with Crippen molar-refractivity contribution in [3.63, 3.8) is 0 Å². The van der Waals surface area contributed by atoms with Gasteiger partial charge in [0.1, 0.15) is 0 Å². The molecule has 10 heavy (non-hydrogen) atoms. The van der Waals surface area contributed by atoms with Crippen LogP contribution in [-0.2, 0) is 0 Å². The molecule has 1 heterocycles. The third-order valence-corrected chi connectivity index (χ3v) is 2.15. The molecule has 0 radical (unpaired) electrons. The largest absolute Gasteiger partial charge is 0.151 e. The maximum Gasteiger partial charge on any atom is 0.0361 e. The van der Waals surface area contributed by atoms with Gasteiger partial charge in [0, 0.05) is 16.7 Å². The topological polar surface area (TPSA) is 0 Å². The van der Waals surface area contributed by atoms with Gasteiger partial charge < -0.3 is 0 Å². The van der Waals surface area contributed by atoms with Gasteiger partial charge in [-0.1, -0.05) is 24.6 Å². The highest BCUT2D eigenvalue weighted by Crippen LogP contribution is 2.04. The Labute approximate surface area is 69.7 Å². The lowest BCUT2D eigenvalue weighted by molar-refractivity contribution is 1.54. The predicted octanol–water partition coefficient (Wildman–Crippen LogP) is 2.81. The van der Waals surface area contributed by atoms with Gasteiger partial charge in [0.05, 0.1) is 0 Å². The van der Waals surface area contributed by atoms with Gasteiger partial charge in [0.25, 0.3) is 0 Å². The van der Waals surface area contributed by atoms with Gasteiger partial charge in [0.2, 0.25) is 0 Å². The third-order valence-electron chi connectivity index (χ3n) is 0.933. The highest BCUT2D eigenvalue weighted by molar-refractivity contribution is 8.03. The number of hydrogen-bond donors (Lipinski definition) is 0. The molecular formula is C8H8S2. The maximum absolute atomic E-state index is 3.05. The van der Waals surface area contributed by atoms with E-state index in [1.807, 2.05) is 11.4 Å². The van der Waals surface area contributed by atoms with Crippen LogP contribution in [0.4, 0.5) is 0 Å². The first-order valence-corrected chi connectivity index (χ1v) is 5.01. The molecule has 0 aromatic carbocycles. The van der Waals surface area contributed by atoms with Gasteiger partial charge in [-0.15, -0.1) is 0 Å². The quantitative estimate of drug-likeness (QED) is 0.581. The highest BCUT2D eigenvalue weighted by atomic mass is 32.2. The van der Waals surface area contributed by atoms with Crippen LogP contribution in [0.2, 0.25) is 0 Å². The van der Waals surface area contributed by atoms with E-state index in [1.54, 1.807) is 23.1 Å². The zero-order valence-corrected chi connectivity index (χ0v) is 7.39. The Morgan fingerprint density at radius 2 is 2.60 bits per heavy atom. The SMILES string of the molecule is CCSC#Cc1ccsc1. The average molecular weight is 168 g/mol. The summed E-state index contributed by atoms with van der Waals surface area (Å²) >= 11 is 3.34. The normalized spacial score (nSPS) is 8.50. The molecule has 0 aliphatic heterocycles. The van der Waals surface area contributed by atoms with Gasteiger partial charge in [0.15, 0.2) is 0 Å². The van der Waals surface area contributed by atoms with E-state index < -0.39 is 0 Å². The van der Waals surface area contributed by atoms with Gasteiger partial charge in [-0.3, -0.25) is 0 Å². The summed E-state index contributed by atoms with van der Waals surface area (Å²) in [6.45, 7) is 2.10. The van der Waals surface area contributed by atoms with Crippen molar-refractivity contribution < 1.29 is 0 Å². The van der Waals surface area contributed by atoms with Gasteiger partial charge in [-0.2, -0.15) is 11.3 Å². The summed E-state index contributed by atoms with van der Waals surface area (Å²) in [5, 5.41) is 7.11. The van der Waals surface area contributed by atoms with Crippen LogP contribution in [0.25, 0.3) is 0 Å². The van der Waals surface area contributed by atoms with Gasteiger partial charge >= 0.3 is 0 Å². The fourth-order valence-electron chi connectivity index (χ4n) is 0.503. The molecule has 0 nitrogen and oxygen atoms in total. The van der Waals surface area contributed by atoms with Crippen LogP contribution in [0.15, 0.2) is 16.8 Å². The first-order chi connectivity index (χ1) is 4.93. The van der Waals surface area contributed by atoms with Crippen LogP contribution in [0.3, 0.4) is 0 Å². The van der Waals surface area contributed by atoms with Crippen molar-refractivity contribution in [2.45, 2.75) is 6.92 Å². The summed E-state index contributed by atoms with van der Waals surface area (Å²) in [4.78, 5) is 0. The first-order valence-electron chi connectivity index (χ1n) is 3.08. The van der Waals surface area contributed by atoms with E-state index in [0.29, 0.717) is 0 Å². The van der Waals surface area contributed by atoms with E-state index in [2.05, 4.69) is 23.5 Å². The standard InChI is InChI=1S/C8H8S2/c1-2-9-5-3-8-4-6-10-7-8/h4,6-7H,2H2,1H3. The van der Waals surface area contributed by atoms with Crippen molar-refractivity contribution in [2.24, 2.45) is 0 Å². The Morgan fingerprint density at radius 1 is 1.70 bits per heavy atom. The monoisotopic (exact) mass is 168 g/mol. The second kappa shape index (κ2) is 4.43. The molecule has 0 aliphatic rings. The van der Waals surface area contributed by atoms with E-state index in [1.165, 1.54) is 0 Å². The molecule has 0 aliphatic carbocycles. The van der Waals surface area contributed by atoms with Crippen LogP contribution >= 0.6 is 23.1 Å². The minimum absolute atomic E-state index is 1.07. The summed E-state index contributed by atoms with van der Waals surface area (Å²) in [5.41, 5.74) is 1.13. The summed E-state index contributed by atoms with van der Waals surface area (Å²) in [6, 6.07) is 2.04. The molecule has 0 atom stereocenters. The summed E-state index contributed by atoms with van der Waals surface area (Å²) in [5.74, 6) is 4.12. The lowest BCUT2D eigenvalue weighted by Gasteiger charge is -1.76. The van der Waals surface area contributed by atoms with E-state index in [4.69, 9.17) is 0 Å². The van der Waals surface area contributed by atoms with Crippen LogP contribution in [-0.4, -0.2) is 5.75 Å². The molecule has 0 amide bonds. The smallest absolute Gasteiger partial charge is 0.0361 e. The molecule has 1 rings (SSSR count). The van der Waals surface area contributed by atoms with Crippen LogP contribution in [0.1, 0.15) is 12.5 Å². The van der Waals surface area contributed by atoms with E-state index in [0.717, 1.165) is 11.3 Å². The molecule has 0 spiro atoms. The maximum atomic E-state index is 3.05. The Hall–Kier alpha value is -0.390. The van der Waals surface area contributed by atoms with Crippen molar-refractivity contribution in [3.05, 3.63) is 22.4 Å². The Morgan fingerprint density at radius 3 is 3.20 bits per heavy atom. The van der Waals surface area contributed by atoms with Gasteiger partial charge in [-0.25, -0.2) is 0 Å². The van der Waals surface area contributed by atoms with Gasteiger partial charge in [-0.05, 0) is 16.7 Å². The first kappa shape index (κ1) is 7.71. The zero-order valence-electron chi connectivity index (χ0n) is 5.76. The van der Waals surface area contributed by atoms with Crippen molar-refractivity contribution in [1.29, 1.82) is 0 Å². The van der Waals surface area contributed by atoms with E-state index in [-0.39, 0.29) is 0 Å². The molecule has 0 unspecified atom stereocenters. The average Bonchev–Trinajstić information content (AvgIpc) is 2.41. The van der Waals surface area contributed by atoms with Crippen molar-refractivity contribution in [2.75, 3.05) is 5.75 Å². The number of hydrogen-bond acceptors (Lipinski definition) is 2. The molecule has 52 valence electrons. The van der Waals surface area contributed by atoms with Crippen molar-refractivity contribution in [3.8, 4) is 11.2 Å². The second-order valence-electron chi connectivity index (χ2n) is 1.67. The Balaban J connectivity index is 2.49. The summed E-state index contributed by atoms with van der Waals surface area (Å²) in [7, 11) is 0. The van der Waals surface area contributed by atoms with E-state index >= 15 is 0 Å². The van der Waals surface area contributed by atoms with Crippen molar-refractivity contribution in [1.82, 2.24) is 0 Å².